The van der Waals surface area contributed by atoms with Gasteiger partial charge in [0, 0.05) is 5.56 Å². The fourth-order valence-corrected chi connectivity index (χ4v) is 4.65. The number of aromatic nitrogens is 3. The number of amides is 1. The van der Waals surface area contributed by atoms with Crippen LogP contribution in [0.2, 0.25) is 10.0 Å². The first-order valence-electron chi connectivity index (χ1n) is 10.2. The van der Waals surface area contributed by atoms with Crippen molar-refractivity contribution in [1.82, 2.24) is 14.8 Å². The number of hydrogen-bond acceptors (Lipinski definition) is 5. The molecule has 2 heterocycles. The molecule has 2 aromatic heterocycles. The summed E-state index contributed by atoms with van der Waals surface area (Å²) in [7, 11) is 0. The molecule has 4 aromatic rings. The lowest BCUT2D eigenvalue weighted by Gasteiger charge is -2.12. The highest BCUT2D eigenvalue weighted by Gasteiger charge is 2.13. The Morgan fingerprint density at radius 1 is 1.06 bits per heavy atom. The number of hydrogen-bond donors (Lipinski definition) is 1. The maximum Gasteiger partial charge on any atom is 0.268 e. The average molecular weight is 501 g/mol. The van der Waals surface area contributed by atoms with E-state index < -0.39 is 0 Å². The van der Waals surface area contributed by atoms with E-state index in [1.54, 1.807) is 23.1 Å². The van der Waals surface area contributed by atoms with Crippen molar-refractivity contribution in [3.63, 3.8) is 0 Å². The highest BCUT2D eigenvalue weighted by molar-refractivity contribution is 7.12. The van der Waals surface area contributed by atoms with Gasteiger partial charge in [-0.15, -0.1) is 16.4 Å². The van der Waals surface area contributed by atoms with Crippen molar-refractivity contribution in [2.75, 3.05) is 5.32 Å². The van der Waals surface area contributed by atoms with Gasteiger partial charge in [-0.05, 0) is 61.0 Å². The average Bonchev–Trinajstić information content (AvgIpc) is 3.39. The van der Waals surface area contributed by atoms with Crippen LogP contribution in [-0.2, 0) is 13.2 Å². The Labute approximate surface area is 206 Å². The lowest BCUT2D eigenvalue weighted by Crippen LogP contribution is -2.12. The molecule has 9 heteroatoms. The number of aryl methyl sites for hydroxylation is 3. The number of carbonyl (C=O) groups is 1. The van der Waals surface area contributed by atoms with Crippen LogP contribution in [0.3, 0.4) is 0 Å². The number of halogens is 2. The van der Waals surface area contributed by atoms with Crippen LogP contribution >= 0.6 is 34.5 Å². The van der Waals surface area contributed by atoms with Gasteiger partial charge >= 0.3 is 0 Å². The zero-order valence-electron chi connectivity index (χ0n) is 18.4. The van der Waals surface area contributed by atoms with Crippen LogP contribution in [0.5, 0.6) is 5.75 Å². The van der Waals surface area contributed by atoms with Crippen LogP contribution in [0.1, 0.15) is 37.5 Å². The minimum atomic E-state index is -0.263. The molecule has 0 unspecified atom stereocenters. The molecule has 0 spiro atoms. The van der Waals surface area contributed by atoms with Crippen molar-refractivity contribution >= 4 is 46.4 Å². The molecule has 6 nitrogen and oxygen atoms in total. The Bertz CT molecular complexity index is 1290. The topological polar surface area (TPSA) is 69.0 Å². The molecule has 1 amide bonds. The molecule has 0 aliphatic carbocycles. The van der Waals surface area contributed by atoms with E-state index in [2.05, 4.69) is 34.5 Å². The number of nitrogens with zero attached hydrogens (tertiary/aromatic N) is 3. The van der Waals surface area contributed by atoms with E-state index in [9.17, 15) is 4.79 Å². The number of rotatable bonds is 7. The summed E-state index contributed by atoms with van der Waals surface area (Å²) in [5.41, 5.74) is 5.27. The van der Waals surface area contributed by atoms with Crippen LogP contribution in [0.15, 0.2) is 48.1 Å². The fraction of sp³-hybridized carbons (Fsp3) is 0.208. The number of nitrogens with one attached hydrogen (secondary N) is 1. The van der Waals surface area contributed by atoms with Gasteiger partial charge in [-0.1, -0.05) is 47.0 Å². The SMILES string of the molecule is Cc1cc(C)c(OCc2csc(C(=O)Nc3ncn(Cc4ccc(Cl)c(Cl)c4)n3)c2)c(C)c1. The summed E-state index contributed by atoms with van der Waals surface area (Å²) < 4.78 is 7.65. The molecule has 0 fully saturated rings. The molecule has 0 saturated carbocycles. The van der Waals surface area contributed by atoms with Crippen LogP contribution < -0.4 is 10.1 Å². The molecular formula is C24H22Cl2N4O2S. The van der Waals surface area contributed by atoms with Crippen molar-refractivity contribution in [1.29, 1.82) is 0 Å². The number of benzene rings is 2. The van der Waals surface area contributed by atoms with Crippen LogP contribution in [0, 0.1) is 20.8 Å². The summed E-state index contributed by atoms with van der Waals surface area (Å²) in [5, 5.41) is 9.94. The minimum Gasteiger partial charge on any atom is -0.488 e. The standard InChI is InChI=1S/C24H22Cl2N4O2S/c1-14-6-15(2)22(16(3)7-14)32-11-18-9-21(33-12-18)23(31)28-24-27-13-30(29-24)10-17-4-5-19(25)20(26)8-17/h4-9,12-13H,10-11H2,1-3H3,(H,28,29,31). The molecule has 0 aliphatic heterocycles. The summed E-state index contributed by atoms with van der Waals surface area (Å²) in [4.78, 5) is 17.4. The van der Waals surface area contributed by atoms with Crippen molar-refractivity contribution in [3.8, 4) is 5.75 Å². The second kappa shape index (κ2) is 9.95. The van der Waals surface area contributed by atoms with Gasteiger partial charge in [0.1, 0.15) is 18.7 Å². The Kier molecular flexibility index (Phi) is 7.02. The largest absolute Gasteiger partial charge is 0.488 e. The van der Waals surface area contributed by atoms with E-state index in [-0.39, 0.29) is 11.9 Å². The predicted molar refractivity (Wildman–Crippen MR) is 133 cm³/mol. The van der Waals surface area contributed by atoms with Crippen molar-refractivity contribution in [2.24, 2.45) is 0 Å². The quantitative estimate of drug-likeness (QED) is 0.316. The predicted octanol–water partition coefficient (Wildman–Crippen LogP) is 6.45. The highest BCUT2D eigenvalue weighted by Crippen LogP contribution is 2.26. The minimum absolute atomic E-state index is 0.233. The van der Waals surface area contributed by atoms with Crippen molar-refractivity contribution in [3.05, 3.63) is 90.8 Å². The summed E-state index contributed by atoms with van der Waals surface area (Å²) in [5.74, 6) is 0.855. The lowest BCUT2D eigenvalue weighted by atomic mass is 10.1. The molecule has 170 valence electrons. The van der Waals surface area contributed by atoms with Crippen LogP contribution in [0.25, 0.3) is 0 Å². The molecule has 1 N–H and O–H groups in total. The molecule has 0 saturated heterocycles. The highest BCUT2D eigenvalue weighted by atomic mass is 35.5. The Balaban J connectivity index is 1.36. The van der Waals surface area contributed by atoms with Gasteiger partial charge in [0.25, 0.3) is 5.91 Å². The number of thiophene rings is 1. The van der Waals surface area contributed by atoms with E-state index >= 15 is 0 Å². The van der Waals surface area contributed by atoms with E-state index in [1.807, 2.05) is 31.4 Å². The van der Waals surface area contributed by atoms with Gasteiger partial charge in [0.05, 0.1) is 21.5 Å². The molecule has 33 heavy (non-hydrogen) atoms. The van der Waals surface area contributed by atoms with Gasteiger partial charge in [0.2, 0.25) is 5.95 Å². The van der Waals surface area contributed by atoms with Gasteiger partial charge in [-0.25, -0.2) is 9.67 Å². The number of carbonyl (C=O) groups excluding carboxylic acids is 1. The summed E-state index contributed by atoms with van der Waals surface area (Å²) in [6.07, 6.45) is 1.55. The Hall–Kier alpha value is -2.87. The van der Waals surface area contributed by atoms with Crippen molar-refractivity contribution in [2.45, 2.75) is 33.9 Å². The molecule has 4 rings (SSSR count). The third-order valence-corrected chi connectivity index (χ3v) is 6.67. The molecule has 0 radical (unpaired) electrons. The summed E-state index contributed by atoms with van der Waals surface area (Å²) >= 11 is 13.4. The van der Waals surface area contributed by atoms with Gasteiger partial charge in [0.15, 0.2) is 0 Å². The first-order chi connectivity index (χ1) is 15.8. The molecular weight excluding hydrogens is 479 g/mol. The zero-order chi connectivity index (χ0) is 23.5. The number of ether oxygens (including phenoxy) is 1. The van der Waals surface area contributed by atoms with Crippen molar-refractivity contribution < 1.29 is 9.53 Å². The van der Waals surface area contributed by atoms with E-state index in [4.69, 9.17) is 27.9 Å². The molecule has 0 bridgehead atoms. The maximum absolute atomic E-state index is 12.6. The first-order valence-corrected chi connectivity index (χ1v) is 11.8. The zero-order valence-corrected chi connectivity index (χ0v) is 20.7. The van der Waals surface area contributed by atoms with Gasteiger partial charge in [-0.3, -0.25) is 10.1 Å². The normalized spacial score (nSPS) is 10.9. The van der Waals surface area contributed by atoms with Crippen LogP contribution in [-0.4, -0.2) is 20.7 Å². The Morgan fingerprint density at radius 2 is 1.82 bits per heavy atom. The third-order valence-electron chi connectivity index (χ3n) is 4.96. The van der Waals surface area contributed by atoms with Gasteiger partial charge < -0.3 is 4.74 Å². The van der Waals surface area contributed by atoms with E-state index in [1.165, 1.54) is 16.9 Å². The monoisotopic (exact) mass is 500 g/mol. The number of anilines is 1. The second-order valence-corrected chi connectivity index (χ2v) is 9.53. The first kappa shape index (κ1) is 23.3. The summed E-state index contributed by atoms with van der Waals surface area (Å²) in [6.45, 7) is 6.99. The smallest absolute Gasteiger partial charge is 0.268 e. The van der Waals surface area contributed by atoms with Gasteiger partial charge in [-0.2, -0.15) is 0 Å². The molecule has 0 aliphatic rings. The summed E-state index contributed by atoms with van der Waals surface area (Å²) in [6, 6.07) is 11.4. The lowest BCUT2D eigenvalue weighted by molar-refractivity contribution is 0.102. The van der Waals surface area contributed by atoms with Crippen LogP contribution in [0.4, 0.5) is 5.95 Å². The third kappa shape index (κ3) is 5.74. The molecule has 2 aromatic carbocycles. The Morgan fingerprint density at radius 3 is 2.55 bits per heavy atom. The second-order valence-electron chi connectivity index (χ2n) is 7.80. The molecule has 0 atom stereocenters. The fourth-order valence-electron chi connectivity index (χ4n) is 3.54. The van der Waals surface area contributed by atoms with E-state index in [0.29, 0.717) is 28.1 Å². The maximum atomic E-state index is 12.6. The van der Waals surface area contributed by atoms with E-state index in [0.717, 1.165) is 28.0 Å².